The number of carbonyl (C=O) groups excluding carboxylic acids is 1. The van der Waals surface area contributed by atoms with E-state index in [1.807, 2.05) is 0 Å². The molecule has 0 bridgehead atoms. The first-order valence-corrected chi connectivity index (χ1v) is 5.63. The van der Waals surface area contributed by atoms with Crippen molar-refractivity contribution in [1.82, 2.24) is 19.7 Å². The second kappa shape index (κ2) is 6.85. The maximum atomic E-state index is 11.7. The monoisotopic (exact) mass is 241 g/mol. The van der Waals surface area contributed by atoms with Crippen molar-refractivity contribution in [2.24, 2.45) is 0 Å². The Hall–Kier alpha value is -1.63. The highest BCUT2D eigenvalue weighted by Crippen LogP contribution is 1.98. The number of likely N-dealkylation sites (N-methyl/N-ethyl adjacent to an activating group) is 1. The highest BCUT2D eigenvalue weighted by atomic mass is 16.2. The van der Waals surface area contributed by atoms with Gasteiger partial charge in [-0.3, -0.25) is 4.79 Å². The molecule has 96 valence electrons. The molecule has 1 aromatic heterocycles. The van der Waals surface area contributed by atoms with Gasteiger partial charge in [-0.15, -0.1) is 5.10 Å². The molecule has 0 aliphatic rings. The molecule has 0 radical (unpaired) electrons. The number of aliphatic hydroxyl groups is 1. The zero-order valence-corrected chi connectivity index (χ0v) is 10.0. The fraction of sp³-hybridized carbons (Fsp3) is 0.700. The largest absolute Gasteiger partial charge is 0.396 e. The molecule has 0 aromatic carbocycles. The van der Waals surface area contributed by atoms with Crippen LogP contribution in [0.1, 0.15) is 19.3 Å². The number of nitrogens with two attached hydrogens (primary N) is 1. The van der Waals surface area contributed by atoms with Crippen LogP contribution in [-0.2, 0) is 11.3 Å². The van der Waals surface area contributed by atoms with Crippen LogP contribution in [0.25, 0.3) is 0 Å². The smallest absolute Gasteiger partial charge is 0.244 e. The minimum absolute atomic E-state index is 0.0288. The van der Waals surface area contributed by atoms with Crippen molar-refractivity contribution in [3.63, 3.8) is 0 Å². The van der Waals surface area contributed by atoms with Crippen molar-refractivity contribution < 1.29 is 9.90 Å². The van der Waals surface area contributed by atoms with E-state index in [4.69, 9.17) is 10.8 Å². The quantitative estimate of drug-likeness (QED) is 0.626. The van der Waals surface area contributed by atoms with Crippen LogP contribution in [0.5, 0.6) is 0 Å². The number of amides is 1. The molecule has 0 fully saturated rings. The molecule has 1 heterocycles. The normalized spacial score (nSPS) is 10.5. The third-order valence-corrected chi connectivity index (χ3v) is 2.43. The van der Waals surface area contributed by atoms with Crippen molar-refractivity contribution >= 4 is 11.9 Å². The number of hydrogen-bond donors (Lipinski definition) is 2. The van der Waals surface area contributed by atoms with Crippen molar-refractivity contribution in [2.75, 3.05) is 25.9 Å². The summed E-state index contributed by atoms with van der Waals surface area (Å²) in [6.07, 6.45) is 4.03. The molecule has 0 saturated carbocycles. The van der Waals surface area contributed by atoms with E-state index < -0.39 is 0 Å². The van der Waals surface area contributed by atoms with E-state index in [9.17, 15) is 4.79 Å². The number of carbonyl (C=O) groups is 1. The summed E-state index contributed by atoms with van der Waals surface area (Å²) in [6.45, 7) is 1.04. The maximum absolute atomic E-state index is 11.7. The number of nitrogens with zero attached hydrogens (tertiary/aromatic N) is 4. The van der Waals surface area contributed by atoms with E-state index in [1.165, 1.54) is 11.0 Å². The lowest BCUT2D eigenvalue weighted by atomic mass is 10.2. The lowest BCUT2D eigenvalue weighted by molar-refractivity contribution is -0.130. The van der Waals surface area contributed by atoms with Gasteiger partial charge in [0.2, 0.25) is 11.9 Å². The summed E-state index contributed by atoms with van der Waals surface area (Å²) >= 11 is 0. The molecule has 0 saturated heterocycles. The Balaban J connectivity index is 2.27. The molecule has 7 nitrogen and oxygen atoms in total. The Morgan fingerprint density at radius 3 is 2.88 bits per heavy atom. The van der Waals surface area contributed by atoms with Crippen molar-refractivity contribution in [3.05, 3.63) is 6.33 Å². The van der Waals surface area contributed by atoms with E-state index in [0.717, 1.165) is 19.3 Å². The van der Waals surface area contributed by atoms with Gasteiger partial charge in [0.25, 0.3) is 0 Å². The summed E-state index contributed by atoms with van der Waals surface area (Å²) in [5, 5.41) is 12.5. The summed E-state index contributed by atoms with van der Waals surface area (Å²) < 4.78 is 1.42. The number of anilines is 1. The van der Waals surface area contributed by atoms with Crippen molar-refractivity contribution in [2.45, 2.75) is 25.8 Å². The molecule has 1 rings (SSSR count). The van der Waals surface area contributed by atoms with Crippen LogP contribution in [-0.4, -0.2) is 50.9 Å². The van der Waals surface area contributed by atoms with E-state index >= 15 is 0 Å². The highest BCUT2D eigenvalue weighted by Gasteiger charge is 2.09. The predicted molar refractivity (Wildman–Crippen MR) is 63.0 cm³/mol. The minimum atomic E-state index is -0.0288. The average molecular weight is 241 g/mol. The minimum Gasteiger partial charge on any atom is -0.396 e. The number of nitrogen functional groups attached to an aromatic ring is 1. The van der Waals surface area contributed by atoms with Crippen LogP contribution in [0.2, 0.25) is 0 Å². The predicted octanol–water partition coefficient (Wildman–Crippen LogP) is -0.519. The molecule has 0 atom stereocenters. The second-order valence-corrected chi connectivity index (χ2v) is 3.90. The molecule has 7 heteroatoms. The van der Waals surface area contributed by atoms with E-state index in [2.05, 4.69) is 10.1 Å². The Bertz CT molecular complexity index is 352. The standard InChI is InChI=1S/C10H19N5O2/c1-14(5-3-2-4-6-16)9(17)7-15-8-12-10(11)13-15/h8,16H,2-7H2,1H3,(H2,11,13). The molecule has 0 aliphatic carbocycles. The Morgan fingerprint density at radius 2 is 2.29 bits per heavy atom. The second-order valence-electron chi connectivity index (χ2n) is 3.90. The van der Waals surface area contributed by atoms with Gasteiger partial charge in [-0.1, -0.05) is 0 Å². The van der Waals surface area contributed by atoms with Gasteiger partial charge in [0.15, 0.2) is 0 Å². The summed E-state index contributed by atoms with van der Waals surface area (Å²) in [7, 11) is 1.75. The van der Waals surface area contributed by atoms with Crippen LogP contribution >= 0.6 is 0 Å². The number of aliphatic hydroxyl groups excluding tert-OH is 1. The summed E-state index contributed by atoms with van der Waals surface area (Å²) in [6, 6.07) is 0. The number of aromatic nitrogens is 3. The fourth-order valence-electron chi connectivity index (χ4n) is 1.41. The van der Waals surface area contributed by atoms with Crippen LogP contribution in [0.3, 0.4) is 0 Å². The molecular formula is C10H19N5O2. The molecule has 0 spiro atoms. The lowest BCUT2D eigenvalue weighted by Gasteiger charge is -2.16. The Labute approximate surface area is 100 Å². The molecule has 0 unspecified atom stereocenters. The SMILES string of the molecule is CN(CCCCCO)C(=O)Cn1cnc(N)n1. The van der Waals surface area contributed by atoms with Crippen LogP contribution < -0.4 is 5.73 Å². The van der Waals surface area contributed by atoms with Crippen LogP contribution in [0.15, 0.2) is 6.33 Å². The molecule has 3 N–H and O–H groups in total. The van der Waals surface area contributed by atoms with Gasteiger partial charge in [0.05, 0.1) is 0 Å². The van der Waals surface area contributed by atoms with Gasteiger partial charge in [-0.25, -0.2) is 9.67 Å². The third kappa shape index (κ3) is 4.81. The van der Waals surface area contributed by atoms with Gasteiger partial charge < -0.3 is 15.7 Å². The summed E-state index contributed by atoms with van der Waals surface area (Å²) in [4.78, 5) is 17.1. The number of hydrogen-bond acceptors (Lipinski definition) is 5. The zero-order valence-electron chi connectivity index (χ0n) is 10.0. The van der Waals surface area contributed by atoms with Gasteiger partial charge in [-0.2, -0.15) is 0 Å². The maximum Gasteiger partial charge on any atom is 0.244 e. The molecule has 17 heavy (non-hydrogen) atoms. The van der Waals surface area contributed by atoms with Crippen LogP contribution in [0.4, 0.5) is 5.95 Å². The fourth-order valence-corrected chi connectivity index (χ4v) is 1.41. The topological polar surface area (TPSA) is 97.3 Å². The van der Waals surface area contributed by atoms with Crippen LogP contribution in [0, 0.1) is 0 Å². The first-order valence-electron chi connectivity index (χ1n) is 5.63. The summed E-state index contributed by atoms with van der Waals surface area (Å²) in [5.41, 5.74) is 5.35. The Kier molecular flexibility index (Phi) is 5.41. The highest BCUT2D eigenvalue weighted by molar-refractivity contribution is 5.75. The van der Waals surface area contributed by atoms with E-state index in [0.29, 0.717) is 6.54 Å². The zero-order chi connectivity index (χ0) is 12.7. The van der Waals surface area contributed by atoms with E-state index in [1.54, 1.807) is 11.9 Å². The number of unbranched alkanes of at least 4 members (excludes halogenated alkanes) is 2. The molecule has 0 aliphatic heterocycles. The molecule has 1 amide bonds. The van der Waals surface area contributed by atoms with Crippen molar-refractivity contribution in [3.8, 4) is 0 Å². The first-order chi connectivity index (χ1) is 8.13. The van der Waals surface area contributed by atoms with E-state index in [-0.39, 0.29) is 25.0 Å². The van der Waals surface area contributed by atoms with Gasteiger partial charge >= 0.3 is 0 Å². The van der Waals surface area contributed by atoms with Crippen molar-refractivity contribution in [1.29, 1.82) is 0 Å². The number of rotatable bonds is 7. The Morgan fingerprint density at radius 1 is 1.53 bits per heavy atom. The lowest BCUT2D eigenvalue weighted by Crippen LogP contribution is -2.31. The van der Waals surface area contributed by atoms with Gasteiger partial charge in [0, 0.05) is 20.2 Å². The molecule has 1 aromatic rings. The average Bonchev–Trinajstić information content (AvgIpc) is 2.70. The molecular weight excluding hydrogens is 222 g/mol. The summed E-state index contributed by atoms with van der Waals surface area (Å²) in [5.74, 6) is 0.141. The van der Waals surface area contributed by atoms with Gasteiger partial charge in [0.1, 0.15) is 12.9 Å². The van der Waals surface area contributed by atoms with Gasteiger partial charge in [-0.05, 0) is 19.3 Å². The third-order valence-electron chi connectivity index (χ3n) is 2.43. The first kappa shape index (κ1) is 13.4.